The number of rotatable bonds is 4. The van der Waals surface area contributed by atoms with Gasteiger partial charge in [-0.05, 0) is 42.9 Å². The van der Waals surface area contributed by atoms with Gasteiger partial charge in [0.2, 0.25) is 5.89 Å². The van der Waals surface area contributed by atoms with Crippen LogP contribution in [0, 0.1) is 18.7 Å². The second kappa shape index (κ2) is 6.50. The second-order valence-corrected chi connectivity index (χ2v) is 6.02. The number of carbonyl (C=O) groups excluding carboxylic acids is 1. The summed E-state index contributed by atoms with van der Waals surface area (Å²) in [5, 5.41) is 0. The molecule has 3 rings (SSSR count). The highest BCUT2D eigenvalue weighted by Crippen LogP contribution is 2.23. The van der Waals surface area contributed by atoms with Gasteiger partial charge in [0.15, 0.2) is 5.69 Å². The third-order valence-corrected chi connectivity index (χ3v) is 4.28. The highest BCUT2D eigenvalue weighted by Gasteiger charge is 2.28. The van der Waals surface area contributed by atoms with E-state index in [0.29, 0.717) is 36.2 Å². The summed E-state index contributed by atoms with van der Waals surface area (Å²) in [6.07, 6.45) is 3.03. The summed E-state index contributed by atoms with van der Waals surface area (Å²) in [5.41, 5.74) is 7.36. The van der Waals surface area contributed by atoms with Crippen LogP contribution in [-0.2, 0) is 13.0 Å². The predicted octanol–water partition coefficient (Wildman–Crippen LogP) is 2.29. The Balaban J connectivity index is 1.61. The number of oxazole rings is 1. The fraction of sp³-hybridized carbons (Fsp3) is 0.412. The van der Waals surface area contributed by atoms with Crippen molar-refractivity contribution in [3.05, 3.63) is 53.0 Å². The fourth-order valence-electron chi connectivity index (χ4n) is 2.95. The van der Waals surface area contributed by atoms with Crippen molar-refractivity contribution < 1.29 is 13.6 Å². The van der Waals surface area contributed by atoms with E-state index < -0.39 is 0 Å². The van der Waals surface area contributed by atoms with E-state index in [2.05, 4.69) is 4.98 Å². The van der Waals surface area contributed by atoms with Crippen LogP contribution in [0.25, 0.3) is 0 Å². The lowest BCUT2D eigenvalue weighted by atomic mass is 9.98. The van der Waals surface area contributed by atoms with Crippen molar-refractivity contribution in [3.63, 3.8) is 0 Å². The summed E-state index contributed by atoms with van der Waals surface area (Å²) in [5.74, 6) is 0.387. The number of amides is 1. The van der Waals surface area contributed by atoms with E-state index in [1.165, 1.54) is 6.26 Å². The minimum atomic E-state index is -0.176. The number of hydrogen-bond donors (Lipinski definition) is 1. The summed E-state index contributed by atoms with van der Waals surface area (Å²) >= 11 is 0. The van der Waals surface area contributed by atoms with Crippen LogP contribution < -0.4 is 5.73 Å². The van der Waals surface area contributed by atoms with Gasteiger partial charge in [-0.25, -0.2) is 9.37 Å². The maximum atomic E-state index is 13.6. The van der Waals surface area contributed by atoms with Crippen molar-refractivity contribution in [2.45, 2.75) is 26.3 Å². The van der Waals surface area contributed by atoms with E-state index in [4.69, 9.17) is 10.2 Å². The normalized spacial score (nSPS) is 17.7. The number of halogens is 1. The van der Waals surface area contributed by atoms with Gasteiger partial charge >= 0.3 is 0 Å². The molecule has 2 aromatic rings. The maximum Gasteiger partial charge on any atom is 0.275 e. The number of likely N-dealkylation sites (tertiary alicyclic amines) is 1. The van der Waals surface area contributed by atoms with Crippen molar-refractivity contribution in [2.24, 2.45) is 11.7 Å². The van der Waals surface area contributed by atoms with E-state index in [0.717, 1.165) is 18.4 Å². The summed E-state index contributed by atoms with van der Waals surface area (Å²) in [7, 11) is 0. The Morgan fingerprint density at radius 1 is 1.52 bits per heavy atom. The molecule has 6 heteroatoms. The van der Waals surface area contributed by atoms with Crippen LogP contribution in [0.1, 0.15) is 33.9 Å². The van der Waals surface area contributed by atoms with Gasteiger partial charge in [-0.15, -0.1) is 0 Å². The molecule has 1 aliphatic heterocycles. The number of aromatic nitrogens is 1. The molecule has 1 atom stereocenters. The molecule has 0 aliphatic carbocycles. The van der Waals surface area contributed by atoms with E-state index >= 15 is 0 Å². The van der Waals surface area contributed by atoms with Crippen LogP contribution in [0.4, 0.5) is 4.39 Å². The highest BCUT2D eigenvalue weighted by molar-refractivity contribution is 5.92. The maximum absolute atomic E-state index is 13.6. The standard InChI is InChI=1S/C17H20FN3O2/c1-11-2-3-12(7-14(11)18)6-13-4-5-21(9-13)17(22)15-10-23-16(8-19)20-15/h2-3,7,10,13H,4-6,8-9,19H2,1H3. The average Bonchev–Trinajstić information content (AvgIpc) is 3.19. The quantitative estimate of drug-likeness (QED) is 0.939. The molecule has 1 amide bonds. The SMILES string of the molecule is Cc1ccc(CC2CCN(C(=O)c3coc(CN)n3)C2)cc1F. The number of aryl methyl sites for hydroxylation is 1. The van der Waals surface area contributed by atoms with Gasteiger partial charge in [0.05, 0.1) is 6.54 Å². The molecule has 1 aromatic carbocycles. The fourth-order valence-corrected chi connectivity index (χ4v) is 2.95. The lowest BCUT2D eigenvalue weighted by Gasteiger charge is -2.15. The highest BCUT2D eigenvalue weighted by atomic mass is 19.1. The monoisotopic (exact) mass is 317 g/mol. The second-order valence-electron chi connectivity index (χ2n) is 6.02. The first-order chi connectivity index (χ1) is 11.1. The topological polar surface area (TPSA) is 72.4 Å². The molecule has 23 heavy (non-hydrogen) atoms. The Hall–Kier alpha value is -2.21. The van der Waals surface area contributed by atoms with Gasteiger partial charge in [-0.2, -0.15) is 0 Å². The molecule has 2 N–H and O–H groups in total. The lowest BCUT2D eigenvalue weighted by Crippen LogP contribution is -2.29. The molecular weight excluding hydrogens is 297 g/mol. The Kier molecular flexibility index (Phi) is 4.43. The largest absolute Gasteiger partial charge is 0.447 e. The van der Waals surface area contributed by atoms with Crippen molar-refractivity contribution in [3.8, 4) is 0 Å². The zero-order valence-corrected chi connectivity index (χ0v) is 13.1. The predicted molar refractivity (Wildman–Crippen MR) is 83.2 cm³/mol. The van der Waals surface area contributed by atoms with Crippen molar-refractivity contribution in [1.82, 2.24) is 9.88 Å². The van der Waals surface area contributed by atoms with Gasteiger partial charge in [0.1, 0.15) is 12.1 Å². The van der Waals surface area contributed by atoms with Gasteiger partial charge in [-0.3, -0.25) is 4.79 Å². The van der Waals surface area contributed by atoms with Gasteiger partial charge < -0.3 is 15.1 Å². The van der Waals surface area contributed by atoms with Crippen LogP contribution in [-0.4, -0.2) is 28.9 Å². The molecule has 5 nitrogen and oxygen atoms in total. The lowest BCUT2D eigenvalue weighted by molar-refractivity contribution is 0.0781. The Morgan fingerprint density at radius 3 is 3.04 bits per heavy atom. The molecule has 1 aromatic heterocycles. The number of benzene rings is 1. The van der Waals surface area contributed by atoms with Crippen LogP contribution in [0.15, 0.2) is 28.9 Å². The first-order valence-electron chi connectivity index (χ1n) is 7.75. The van der Waals surface area contributed by atoms with Crippen LogP contribution in [0.3, 0.4) is 0 Å². The summed E-state index contributed by atoms with van der Waals surface area (Å²) in [4.78, 5) is 18.2. The molecule has 1 unspecified atom stereocenters. The molecule has 2 heterocycles. The zero-order chi connectivity index (χ0) is 16.4. The molecule has 1 aliphatic rings. The molecule has 1 saturated heterocycles. The molecule has 1 fully saturated rings. The molecule has 0 saturated carbocycles. The number of hydrogen-bond acceptors (Lipinski definition) is 4. The molecule has 122 valence electrons. The van der Waals surface area contributed by atoms with Crippen molar-refractivity contribution >= 4 is 5.91 Å². The average molecular weight is 317 g/mol. The van der Waals surface area contributed by atoms with E-state index in [9.17, 15) is 9.18 Å². The van der Waals surface area contributed by atoms with E-state index in [1.807, 2.05) is 6.07 Å². The van der Waals surface area contributed by atoms with Gasteiger partial charge in [0.25, 0.3) is 5.91 Å². The Bertz CT molecular complexity index is 714. The van der Waals surface area contributed by atoms with E-state index in [-0.39, 0.29) is 18.3 Å². The summed E-state index contributed by atoms with van der Waals surface area (Å²) < 4.78 is 18.7. The van der Waals surface area contributed by atoms with E-state index in [1.54, 1.807) is 24.0 Å². The molecule has 0 bridgehead atoms. The van der Waals surface area contributed by atoms with Crippen molar-refractivity contribution in [2.75, 3.05) is 13.1 Å². The van der Waals surface area contributed by atoms with Crippen molar-refractivity contribution in [1.29, 1.82) is 0 Å². The third-order valence-electron chi connectivity index (χ3n) is 4.28. The first-order valence-corrected chi connectivity index (χ1v) is 7.75. The third kappa shape index (κ3) is 3.42. The molecule has 0 spiro atoms. The first kappa shape index (κ1) is 15.7. The summed E-state index contributed by atoms with van der Waals surface area (Å²) in [6.45, 7) is 3.26. The smallest absolute Gasteiger partial charge is 0.275 e. The Labute approximate surface area is 134 Å². The zero-order valence-electron chi connectivity index (χ0n) is 13.1. The van der Waals surface area contributed by atoms with Crippen LogP contribution >= 0.6 is 0 Å². The number of carbonyl (C=O) groups is 1. The minimum Gasteiger partial charge on any atom is -0.447 e. The van der Waals surface area contributed by atoms with Gasteiger partial charge in [-0.1, -0.05) is 12.1 Å². The number of nitrogens with two attached hydrogens (primary N) is 1. The summed E-state index contributed by atoms with van der Waals surface area (Å²) in [6, 6.07) is 5.34. The van der Waals surface area contributed by atoms with Crippen LogP contribution in [0.2, 0.25) is 0 Å². The minimum absolute atomic E-state index is 0.133. The molecular formula is C17H20FN3O2. The molecule has 0 radical (unpaired) electrons. The number of nitrogens with zero attached hydrogens (tertiary/aromatic N) is 2. The van der Waals surface area contributed by atoms with Crippen LogP contribution in [0.5, 0.6) is 0 Å². The Morgan fingerprint density at radius 2 is 2.35 bits per heavy atom. The van der Waals surface area contributed by atoms with Gasteiger partial charge in [0, 0.05) is 13.1 Å².